The maximum atomic E-state index is 14.5. The van der Waals surface area contributed by atoms with E-state index in [0.717, 1.165) is 17.7 Å². The van der Waals surface area contributed by atoms with E-state index in [1.807, 2.05) is 11.5 Å². The molecule has 2 N–H and O–H groups in total. The van der Waals surface area contributed by atoms with Gasteiger partial charge in [-0.1, -0.05) is 18.2 Å². The van der Waals surface area contributed by atoms with Crippen molar-refractivity contribution in [2.75, 3.05) is 0 Å². The number of hydrogen-bond donors (Lipinski definition) is 1. The first-order chi connectivity index (χ1) is 13.1. The number of halogens is 1. The zero-order valence-corrected chi connectivity index (χ0v) is 14.6. The van der Waals surface area contributed by atoms with E-state index < -0.39 is 11.7 Å². The number of fused-ring (bicyclic) bond motifs is 1. The van der Waals surface area contributed by atoms with Crippen LogP contribution in [0, 0.1) is 5.82 Å². The van der Waals surface area contributed by atoms with Crippen molar-refractivity contribution in [2.45, 2.75) is 13.5 Å². The van der Waals surface area contributed by atoms with Gasteiger partial charge in [0.25, 0.3) is 0 Å². The van der Waals surface area contributed by atoms with E-state index in [1.165, 1.54) is 6.07 Å². The molecule has 0 aliphatic heterocycles. The van der Waals surface area contributed by atoms with Crippen LogP contribution in [0.2, 0.25) is 0 Å². The Morgan fingerprint density at radius 2 is 1.96 bits per heavy atom. The van der Waals surface area contributed by atoms with Crippen molar-refractivity contribution in [3.8, 4) is 22.3 Å². The van der Waals surface area contributed by atoms with Gasteiger partial charge in [0, 0.05) is 23.2 Å². The second-order valence-electron chi connectivity index (χ2n) is 6.10. The average Bonchev–Trinajstić information content (AvgIpc) is 3.12. The summed E-state index contributed by atoms with van der Waals surface area (Å²) in [5.74, 6) is -0.948. The Hall–Kier alpha value is -3.61. The van der Waals surface area contributed by atoms with E-state index in [4.69, 9.17) is 5.73 Å². The van der Waals surface area contributed by atoms with Crippen LogP contribution in [0.15, 0.2) is 55.0 Å². The highest BCUT2D eigenvalue weighted by molar-refractivity contribution is 5.94. The first-order valence-corrected chi connectivity index (χ1v) is 8.45. The summed E-state index contributed by atoms with van der Waals surface area (Å²) in [5.41, 5.74) is 9.51. The van der Waals surface area contributed by atoms with Gasteiger partial charge in [-0.15, -0.1) is 5.10 Å². The highest BCUT2D eigenvalue weighted by Crippen LogP contribution is 2.31. The van der Waals surface area contributed by atoms with Crippen molar-refractivity contribution in [3.05, 3.63) is 66.4 Å². The molecule has 4 aromatic rings. The minimum Gasteiger partial charge on any atom is -0.366 e. The van der Waals surface area contributed by atoms with Crippen LogP contribution in [0.3, 0.4) is 0 Å². The number of nitrogens with two attached hydrogens (primary N) is 1. The summed E-state index contributed by atoms with van der Waals surface area (Å²) < 4.78 is 16.4. The fraction of sp³-hybridized carbons (Fsp3) is 0.100. The van der Waals surface area contributed by atoms with Gasteiger partial charge >= 0.3 is 0 Å². The zero-order valence-electron chi connectivity index (χ0n) is 14.6. The van der Waals surface area contributed by atoms with Crippen molar-refractivity contribution in [1.29, 1.82) is 0 Å². The molecule has 0 unspecified atom stereocenters. The van der Waals surface area contributed by atoms with E-state index >= 15 is 0 Å². The van der Waals surface area contributed by atoms with Crippen LogP contribution in [0.1, 0.15) is 17.3 Å². The number of hydrogen-bond acceptors (Lipinski definition) is 4. The Labute approximate surface area is 154 Å². The molecule has 1 amide bonds. The molecule has 0 saturated heterocycles. The molecule has 0 aliphatic carbocycles. The number of carbonyl (C=O) groups excluding carboxylic acids is 1. The fourth-order valence-electron chi connectivity index (χ4n) is 3.07. The Balaban J connectivity index is 1.88. The van der Waals surface area contributed by atoms with Gasteiger partial charge in [-0.2, -0.15) is 5.10 Å². The molecule has 134 valence electrons. The standard InChI is InChI=1S/C20H16FN5O/c1-2-26-11-23-18-16(10-24-25-20(18)26)13-6-7-17(21)15(9-13)12-4-3-5-14(8-12)19(22)27/h3-11H,2H2,1H3,(H2,22,27). The fourth-order valence-corrected chi connectivity index (χ4v) is 3.07. The molecular formula is C20H16FN5O. The second-order valence-corrected chi connectivity index (χ2v) is 6.10. The summed E-state index contributed by atoms with van der Waals surface area (Å²) >= 11 is 0. The minimum absolute atomic E-state index is 0.326. The van der Waals surface area contributed by atoms with Gasteiger partial charge in [-0.25, -0.2) is 9.37 Å². The van der Waals surface area contributed by atoms with Crippen molar-refractivity contribution in [2.24, 2.45) is 5.73 Å². The molecule has 2 heterocycles. The molecule has 0 aliphatic rings. The number of benzene rings is 2. The number of imidazole rings is 1. The normalized spacial score (nSPS) is 11.0. The van der Waals surface area contributed by atoms with Crippen LogP contribution in [-0.4, -0.2) is 25.7 Å². The molecule has 2 aromatic carbocycles. The number of nitrogens with zero attached hydrogens (tertiary/aromatic N) is 4. The Bertz CT molecular complexity index is 1170. The molecule has 0 atom stereocenters. The SMILES string of the molecule is CCn1cnc2c(-c3ccc(F)c(-c4cccc(C(N)=O)c4)c3)cnnc21. The summed E-state index contributed by atoms with van der Waals surface area (Å²) in [4.78, 5) is 15.9. The summed E-state index contributed by atoms with van der Waals surface area (Å²) in [5, 5.41) is 8.22. The first kappa shape index (κ1) is 16.8. The van der Waals surface area contributed by atoms with Gasteiger partial charge < -0.3 is 10.3 Å². The molecule has 4 rings (SSSR count). The Morgan fingerprint density at radius 3 is 2.74 bits per heavy atom. The Morgan fingerprint density at radius 1 is 1.15 bits per heavy atom. The van der Waals surface area contributed by atoms with Gasteiger partial charge in [0.2, 0.25) is 5.91 Å². The van der Waals surface area contributed by atoms with E-state index in [0.29, 0.717) is 27.9 Å². The highest BCUT2D eigenvalue weighted by Gasteiger charge is 2.14. The monoisotopic (exact) mass is 361 g/mol. The molecule has 27 heavy (non-hydrogen) atoms. The molecule has 0 radical (unpaired) electrons. The van der Waals surface area contributed by atoms with Crippen LogP contribution in [0.25, 0.3) is 33.4 Å². The van der Waals surface area contributed by atoms with E-state index in [9.17, 15) is 9.18 Å². The van der Waals surface area contributed by atoms with Gasteiger partial charge in [0.1, 0.15) is 11.3 Å². The average molecular weight is 361 g/mol. The van der Waals surface area contributed by atoms with Gasteiger partial charge in [-0.05, 0) is 42.3 Å². The van der Waals surface area contributed by atoms with Crippen molar-refractivity contribution in [3.63, 3.8) is 0 Å². The summed E-state index contributed by atoms with van der Waals surface area (Å²) in [6.07, 6.45) is 3.33. The van der Waals surface area contributed by atoms with Gasteiger partial charge in [-0.3, -0.25) is 4.79 Å². The topological polar surface area (TPSA) is 86.7 Å². The summed E-state index contributed by atoms with van der Waals surface area (Å²) in [6.45, 7) is 2.72. The van der Waals surface area contributed by atoms with E-state index in [2.05, 4.69) is 15.2 Å². The number of aryl methyl sites for hydroxylation is 1. The lowest BCUT2D eigenvalue weighted by atomic mass is 9.98. The maximum absolute atomic E-state index is 14.5. The lowest BCUT2D eigenvalue weighted by molar-refractivity contribution is 0.100. The molecule has 0 spiro atoms. The summed E-state index contributed by atoms with van der Waals surface area (Å²) in [7, 11) is 0. The van der Waals surface area contributed by atoms with Crippen LogP contribution in [-0.2, 0) is 6.54 Å². The molecule has 0 saturated carbocycles. The number of amides is 1. The maximum Gasteiger partial charge on any atom is 0.248 e. The van der Waals surface area contributed by atoms with Gasteiger partial charge in [0.05, 0.1) is 12.5 Å². The zero-order chi connectivity index (χ0) is 19.0. The number of rotatable bonds is 4. The molecule has 6 nitrogen and oxygen atoms in total. The van der Waals surface area contributed by atoms with E-state index in [1.54, 1.807) is 48.9 Å². The third kappa shape index (κ3) is 2.93. The minimum atomic E-state index is -0.557. The van der Waals surface area contributed by atoms with Crippen LogP contribution < -0.4 is 5.73 Å². The molecule has 0 fully saturated rings. The summed E-state index contributed by atoms with van der Waals surface area (Å²) in [6, 6.07) is 11.4. The molecule has 7 heteroatoms. The van der Waals surface area contributed by atoms with Crippen molar-refractivity contribution < 1.29 is 9.18 Å². The number of primary amides is 1. The quantitative estimate of drug-likeness (QED) is 0.603. The molecule has 2 aromatic heterocycles. The third-order valence-corrected chi connectivity index (χ3v) is 4.48. The predicted octanol–water partition coefficient (Wildman–Crippen LogP) is 3.42. The largest absolute Gasteiger partial charge is 0.366 e. The lowest BCUT2D eigenvalue weighted by Crippen LogP contribution is -2.10. The van der Waals surface area contributed by atoms with Crippen molar-refractivity contribution >= 4 is 17.1 Å². The van der Waals surface area contributed by atoms with Crippen molar-refractivity contribution in [1.82, 2.24) is 19.7 Å². The highest BCUT2D eigenvalue weighted by atomic mass is 19.1. The smallest absolute Gasteiger partial charge is 0.248 e. The van der Waals surface area contributed by atoms with Crippen LogP contribution in [0.5, 0.6) is 0 Å². The second kappa shape index (κ2) is 6.60. The van der Waals surface area contributed by atoms with Gasteiger partial charge in [0.15, 0.2) is 5.65 Å². The number of aromatic nitrogens is 4. The number of carbonyl (C=O) groups is 1. The first-order valence-electron chi connectivity index (χ1n) is 8.45. The van der Waals surface area contributed by atoms with Crippen LogP contribution >= 0.6 is 0 Å². The lowest BCUT2D eigenvalue weighted by Gasteiger charge is -2.09. The Kier molecular flexibility index (Phi) is 4.12. The predicted molar refractivity (Wildman–Crippen MR) is 100 cm³/mol. The molecule has 0 bridgehead atoms. The third-order valence-electron chi connectivity index (χ3n) is 4.48. The molecular weight excluding hydrogens is 345 g/mol. The van der Waals surface area contributed by atoms with Crippen LogP contribution in [0.4, 0.5) is 4.39 Å². The van der Waals surface area contributed by atoms with E-state index in [-0.39, 0.29) is 0 Å².